The predicted octanol–water partition coefficient (Wildman–Crippen LogP) is 3.11. The van der Waals surface area contributed by atoms with Crippen molar-refractivity contribution in [1.82, 2.24) is 15.2 Å². The Kier molecular flexibility index (Phi) is 4.54. The van der Waals surface area contributed by atoms with Gasteiger partial charge in [0.15, 0.2) is 5.82 Å². The van der Waals surface area contributed by atoms with E-state index < -0.39 is 0 Å². The van der Waals surface area contributed by atoms with Gasteiger partial charge < -0.3 is 9.80 Å². The molecule has 1 unspecified atom stereocenters. The molecule has 3 heterocycles. The Balaban J connectivity index is 1.94. The third-order valence-electron chi connectivity index (χ3n) is 4.26. The van der Waals surface area contributed by atoms with Crippen LogP contribution in [0, 0.1) is 18.3 Å². The van der Waals surface area contributed by atoms with Crippen molar-refractivity contribution in [2.45, 2.75) is 25.8 Å². The second-order valence-corrected chi connectivity index (χ2v) is 6.51. The molecule has 0 saturated carbocycles. The first-order valence-electron chi connectivity index (χ1n) is 7.86. The molecule has 7 heteroatoms. The average molecular weight is 343 g/mol. The summed E-state index contributed by atoms with van der Waals surface area (Å²) >= 11 is 6.38. The Morgan fingerprint density at radius 2 is 2.12 bits per heavy atom. The minimum Gasteiger partial charge on any atom is -0.361 e. The van der Waals surface area contributed by atoms with Crippen molar-refractivity contribution in [3.63, 3.8) is 0 Å². The molecule has 0 N–H and O–H groups in total. The highest BCUT2D eigenvalue weighted by molar-refractivity contribution is 6.33. The highest BCUT2D eigenvalue weighted by Crippen LogP contribution is 2.38. The predicted molar refractivity (Wildman–Crippen MR) is 94.4 cm³/mol. The Hall–Kier alpha value is -2.39. The van der Waals surface area contributed by atoms with Crippen molar-refractivity contribution >= 4 is 23.2 Å². The lowest BCUT2D eigenvalue weighted by molar-refractivity contribution is 0.671. The lowest BCUT2D eigenvalue weighted by Crippen LogP contribution is -2.25. The highest BCUT2D eigenvalue weighted by atomic mass is 35.5. The van der Waals surface area contributed by atoms with E-state index in [2.05, 4.69) is 26.2 Å². The topological polar surface area (TPSA) is 68.9 Å². The van der Waals surface area contributed by atoms with Crippen LogP contribution in [0.1, 0.15) is 35.8 Å². The molecular formula is C17H19ClN6. The van der Waals surface area contributed by atoms with Gasteiger partial charge in [-0.25, -0.2) is 4.98 Å². The number of aryl methyl sites for hydroxylation is 1. The quantitative estimate of drug-likeness (QED) is 0.853. The normalized spacial score (nSPS) is 17.0. The van der Waals surface area contributed by atoms with Crippen molar-refractivity contribution < 1.29 is 0 Å². The van der Waals surface area contributed by atoms with Gasteiger partial charge in [0.25, 0.3) is 0 Å². The fraction of sp³-hybridized carbons (Fsp3) is 0.412. The van der Waals surface area contributed by atoms with E-state index in [1.165, 1.54) is 0 Å². The standard InChI is InChI=1S/C17H19ClN6/c1-11-12(10-19)9-13(18)17(20-11)24-8-4-5-15(24)14-6-7-16(22-21-14)23(2)3/h6-7,9,15H,4-5,8H2,1-3H3. The van der Waals surface area contributed by atoms with Crippen LogP contribution in [0.4, 0.5) is 11.6 Å². The van der Waals surface area contributed by atoms with E-state index in [1.54, 1.807) is 6.07 Å². The minimum atomic E-state index is 0.103. The molecule has 1 fully saturated rings. The zero-order valence-corrected chi connectivity index (χ0v) is 14.7. The Labute approximate surface area is 146 Å². The van der Waals surface area contributed by atoms with E-state index in [9.17, 15) is 0 Å². The van der Waals surface area contributed by atoms with Crippen molar-refractivity contribution in [2.75, 3.05) is 30.4 Å². The summed E-state index contributed by atoms with van der Waals surface area (Å²) < 4.78 is 0. The van der Waals surface area contributed by atoms with Crippen molar-refractivity contribution in [3.05, 3.63) is 40.2 Å². The lowest BCUT2D eigenvalue weighted by atomic mass is 10.1. The number of hydrogen-bond acceptors (Lipinski definition) is 6. The van der Waals surface area contributed by atoms with Gasteiger partial charge in [0.1, 0.15) is 11.9 Å². The van der Waals surface area contributed by atoms with Crippen molar-refractivity contribution in [2.24, 2.45) is 0 Å². The number of anilines is 2. The summed E-state index contributed by atoms with van der Waals surface area (Å²) in [6.45, 7) is 2.69. The smallest absolute Gasteiger partial charge is 0.150 e. The van der Waals surface area contributed by atoms with Gasteiger partial charge in [-0.2, -0.15) is 10.4 Å². The first-order valence-corrected chi connectivity index (χ1v) is 8.24. The number of halogens is 1. The maximum absolute atomic E-state index is 9.12. The van der Waals surface area contributed by atoms with Gasteiger partial charge >= 0.3 is 0 Å². The molecule has 1 aliphatic heterocycles. The number of rotatable bonds is 3. The molecule has 2 aromatic rings. The van der Waals surface area contributed by atoms with Crippen LogP contribution in [-0.4, -0.2) is 35.8 Å². The van der Waals surface area contributed by atoms with Crippen molar-refractivity contribution in [1.29, 1.82) is 5.26 Å². The van der Waals surface area contributed by atoms with Gasteiger partial charge in [-0.05, 0) is 38.0 Å². The summed E-state index contributed by atoms with van der Waals surface area (Å²) in [6, 6.07) is 7.89. The molecule has 0 spiro atoms. The van der Waals surface area contributed by atoms with E-state index in [0.717, 1.165) is 30.9 Å². The molecule has 0 aromatic carbocycles. The van der Waals surface area contributed by atoms with E-state index in [1.807, 2.05) is 38.1 Å². The second-order valence-electron chi connectivity index (χ2n) is 6.10. The van der Waals surface area contributed by atoms with Crippen molar-refractivity contribution in [3.8, 4) is 6.07 Å². The maximum atomic E-state index is 9.12. The Morgan fingerprint density at radius 3 is 2.75 bits per heavy atom. The number of nitriles is 1. The third kappa shape index (κ3) is 3.00. The van der Waals surface area contributed by atoms with Crippen LogP contribution in [0.2, 0.25) is 5.02 Å². The van der Waals surface area contributed by atoms with Gasteiger partial charge in [-0.3, -0.25) is 0 Å². The molecule has 1 aliphatic rings. The van der Waals surface area contributed by atoms with Crippen LogP contribution in [0.3, 0.4) is 0 Å². The van der Waals surface area contributed by atoms with Crippen LogP contribution in [-0.2, 0) is 0 Å². The Bertz CT molecular complexity index is 781. The van der Waals surface area contributed by atoms with E-state index in [-0.39, 0.29) is 6.04 Å². The monoisotopic (exact) mass is 342 g/mol. The second kappa shape index (κ2) is 6.62. The number of hydrogen-bond donors (Lipinski definition) is 0. The molecular weight excluding hydrogens is 324 g/mol. The number of pyridine rings is 1. The summed E-state index contributed by atoms with van der Waals surface area (Å²) in [4.78, 5) is 8.65. The summed E-state index contributed by atoms with van der Waals surface area (Å²) in [5.41, 5.74) is 2.11. The molecule has 24 heavy (non-hydrogen) atoms. The van der Waals surface area contributed by atoms with Crippen LogP contribution in [0.25, 0.3) is 0 Å². The molecule has 6 nitrogen and oxygen atoms in total. The zero-order valence-electron chi connectivity index (χ0n) is 14.0. The molecule has 1 saturated heterocycles. The fourth-order valence-electron chi connectivity index (χ4n) is 2.96. The summed E-state index contributed by atoms with van der Waals surface area (Å²) in [5, 5.41) is 18.3. The first-order chi connectivity index (χ1) is 11.5. The largest absolute Gasteiger partial charge is 0.361 e. The van der Waals surface area contributed by atoms with Crippen LogP contribution in [0.5, 0.6) is 0 Å². The van der Waals surface area contributed by atoms with Gasteiger partial charge in [-0.15, -0.1) is 5.10 Å². The molecule has 124 valence electrons. The molecule has 0 aliphatic carbocycles. The molecule has 2 aromatic heterocycles. The molecule has 0 bridgehead atoms. The summed E-state index contributed by atoms with van der Waals surface area (Å²) in [5.74, 6) is 1.54. The fourth-order valence-corrected chi connectivity index (χ4v) is 3.22. The third-order valence-corrected chi connectivity index (χ3v) is 4.54. The van der Waals surface area contributed by atoms with Gasteiger partial charge in [0, 0.05) is 20.6 Å². The zero-order chi connectivity index (χ0) is 17.3. The van der Waals surface area contributed by atoms with E-state index in [0.29, 0.717) is 22.1 Å². The number of nitrogens with zero attached hydrogens (tertiary/aromatic N) is 6. The van der Waals surface area contributed by atoms with Crippen LogP contribution < -0.4 is 9.80 Å². The number of aromatic nitrogens is 3. The average Bonchev–Trinajstić information content (AvgIpc) is 3.06. The first kappa shape index (κ1) is 16.5. The van der Waals surface area contributed by atoms with E-state index in [4.69, 9.17) is 16.9 Å². The molecule has 0 radical (unpaired) electrons. The van der Waals surface area contributed by atoms with Gasteiger partial charge in [0.2, 0.25) is 0 Å². The van der Waals surface area contributed by atoms with Gasteiger partial charge in [-0.1, -0.05) is 11.6 Å². The summed E-state index contributed by atoms with van der Waals surface area (Å²) in [6.07, 6.45) is 2.02. The van der Waals surface area contributed by atoms with Gasteiger partial charge in [0.05, 0.1) is 28.0 Å². The molecule has 0 amide bonds. The molecule has 1 atom stereocenters. The summed E-state index contributed by atoms with van der Waals surface area (Å²) in [7, 11) is 3.88. The Morgan fingerprint density at radius 1 is 1.33 bits per heavy atom. The highest BCUT2D eigenvalue weighted by Gasteiger charge is 2.30. The maximum Gasteiger partial charge on any atom is 0.150 e. The molecule has 3 rings (SSSR count). The van der Waals surface area contributed by atoms with E-state index >= 15 is 0 Å². The SMILES string of the molecule is Cc1nc(N2CCCC2c2ccc(N(C)C)nn2)c(Cl)cc1C#N. The lowest BCUT2D eigenvalue weighted by Gasteiger charge is -2.26. The minimum absolute atomic E-state index is 0.103. The van der Waals surface area contributed by atoms with Crippen LogP contribution >= 0.6 is 11.6 Å². The van der Waals surface area contributed by atoms with Crippen LogP contribution in [0.15, 0.2) is 18.2 Å².